The Balaban J connectivity index is 2.36. The number of cyclic esters (lactones) is 1. The molecular weight excluding hydrogens is 556 g/mol. The molecule has 0 bridgehead atoms. The predicted molar refractivity (Wildman–Crippen MR) is 129 cm³/mol. The van der Waals surface area contributed by atoms with E-state index in [1.165, 1.54) is 18.2 Å². The summed E-state index contributed by atoms with van der Waals surface area (Å²) in [6.07, 6.45) is 0. The first-order chi connectivity index (χ1) is 15.4. The van der Waals surface area contributed by atoms with Crippen LogP contribution >= 0.6 is 31.9 Å². The Hall–Kier alpha value is -2.84. The molecule has 0 aromatic heterocycles. The fourth-order valence-corrected chi connectivity index (χ4v) is 5.95. The number of aryl methyl sites for hydroxylation is 2. The van der Waals surface area contributed by atoms with Crippen molar-refractivity contribution in [3.05, 3.63) is 89.3 Å². The summed E-state index contributed by atoms with van der Waals surface area (Å²) < 4.78 is 7.24. The van der Waals surface area contributed by atoms with Crippen LogP contribution in [0.4, 0.5) is 0 Å². The molecule has 0 aliphatic carbocycles. The van der Waals surface area contributed by atoms with Gasteiger partial charge in [0.2, 0.25) is 0 Å². The lowest BCUT2D eigenvalue weighted by molar-refractivity contribution is 0.0236. The largest absolute Gasteiger partial charge is 0.508 e. The Kier molecular flexibility index (Phi) is 5.57. The van der Waals surface area contributed by atoms with Gasteiger partial charge >= 0.3 is 11.9 Å². The molecule has 0 fully saturated rings. The first-order valence-corrected chi connectivity index (χ1v) is 11.6. The summed E-state index contributed by atoms with van der Waals surface area (Å²) >= 11 is 7.20. The number of rotatable bonds is 3. The zero-order valence-corrected chi connectivity index (χ0v) is 21.4. The number of carbonyl (C=O) groups is 2. The van der Waals surface area contributed by atoms with E-state index in [4.69, 9.17) is 4.74 Å². The van der Waals surface area contributed by atoms with Gasteiger partial charge in [-0.25, -0.2) is 9.59 Å². The highest BCUT2D eigenvalue weighted by Crippen LogP contribution is 2.56. The minimum Gasteiger partial charge on any atom is -0.508 e. The molecule has 1 aliphatic rings. The topological polar surface area (TPSA) is 104 Å². The maximum absolute atomic E-state index is 13.2. The predicted octanol–water partition coefficient (Wildman–Crippen LogP) is 6.02. The number of aromatic hydroxyl groups is 2. The Labute approximate surface area is 207 Å². The minimum atomic E-state index is -1.76. The molecule has 4 rings (SSSR count). The van der Waals surface area contributed by atoms with Crippen molar-refractivity contribution in [2.75, 3.05) is 0 Å². The number of aromatic carboxylic acids is 1. The number of hydrogen-bond acceptors (Lipinski definition) is 5. The summed E-state index contributed by atoms with van der Waals surface area (Å²) in [5.41, 5.74) is 1.27. The zero-order valence-electron chi connectivity index (χ0n) is 18.2. The number of phenolic OH excluding ortho intramolecular Hbond substituents is 2. The van der Waals surface area contributed by atoms with Gasteiger partial charge in [0.1, 0.15) is 11.5 Å². The molecule has 3 aromatic rings. The third-order valence-corrected chi connectivity index (χ3v) is 8.22. The van der Waals surface area contributed by atoms with Crippen LogP contribution < -0.4 is 0 Å². The molecule has 0 saturated heterocycles. The summed E-state index contributed by atoms with van der Waals surface area (Å²) in [6, 6.07) is 7.57. The lowest BCUT2D eigenvalue weighted by Gasteiger charge is -2.36. The second-order valence-corrected chi connectivity index (χ2v) is 9.74. The number of phenols is 2. The van der Waals surface area contributed by atoms with Crippen molar-refractivity contribution < 1.29 is 29.6 Å². The number of carboxylic acids is 1. The smallest absolute Gasteiger partial charge is 0.340 e. The van der Waals surface area contributed by atoms with Gasteiger partial charge in [0.15, 0.2) is 5.60 Å². The number of fused-ring (bicyclic) bond motifs is 1. The SMILES string of the molecule is Cc1cc(O)c(C)c(C2(c3c(C)c(O)cc(C)c3Br)OC(=O)c3cccc(C(=O)O)c32)c1Br. The van der Waals surface area contributed by atoms with Crippen LogP contribution in [0.3, 0.4) is 0 Å². The Morgan fingerprint density at radius 2 is 1.36 bits per heavy atom. The molecule has 0 radical (unpaired) electrons. The molecule has 1 aliphatic heterocycles. The summed E-state index contributed by atoms with van der Waals surface area (Å²) in [7, 11) is 0. The van der Waals surface area contributed by atoms with E-state index in [2.05, 4.69) is 31.9 Å². The Morgan fingerprint density at radius 3 is 1.82 bits per heavy atom. The summed E-state index contributed by atoms with van der Waals surface area (Å²) in [4.78, 5) is 25.6. The molecule has 1 heterocycles. The zero-order chi connectivity index (χ0) is 24.4. The number of hydrogen-bond donors (Lipinski definition) is 3. The van der Waals surface area contributed by atoms with E-state index < -0.39 is 17.5 Å². The lowest BCUT2D eigenvalue weighted by Crippen LogP contribution is -2.34. The van der Waals surface area contributed by atoms with Gasteiger partial charge in [0.25, 0.3) is 0 Å². The molecule has 3 aromatic carbocycles. The third kappa shape index (κ3) is 3.19. The number of carbonyl (C=O) groups excluding carboxylic acids is 1. The van der Waals surface area contributed by atoms with Crippen molar-refractivity contribution in [1.29, 1.82) is 0 Å². The summed E-state index contributed by atoms with van der Waals surface area (Å²) in [5, 5.41) is 31.5. The van der Waals surface area contributed by atoms with Crippen LogP contribution in [-0.4, -0.2) is 27.3 Å². The van der Waals surface area contributed by atoms with E-state index in [0.29, 0.717) is 42.3 Å². The van der Waals surface area contributed by atoms with Gasteiger partial charge in [-0.15, -0.1) is 0 Å². The average Bonchev–Trinajstić information content (AvgIpc) is 3.04. The van der Waals surface area contributed by atoms with E-state index in [0.717, 1.165) is 0 Å². The standard InChI is InChI=1S/C25H20Br2O6/c1-10-8-16(28)12(3)18(21(10)26)25(19-13(4)17(29)9-11(2)22(19)27)20-14(23(30)31)6-5-7-15(20)24(32)33-25/h5-9,28-29H,1-4H3,(H,30,31). The molecule has 0 saturated carbocycles. The van der Waals surface area contributed by atoms with Crippen molar-refractivity contribution in [1.82, 2.24) is 0 Å². The van der Waals surface area contributed by atoms with Crippen LogP contribution in [0.25, 0.3) is 0 Å². The Bertz CT molecular complexity index is 1260. The first-order valence-electron chi connectivity index (χ1n) is 10.0. The lowest BCUT2D eigenvalue weighted by atomic mass is 9.74. The van der Waals surface area contributed by atoms with E-state index in [1.807, 2.05) is 0 Å². The van der Waals surface area contributed by atoms with E-state index >= 15 is 0 Å². The molecule has 0 atom stereocenters. The van der Waals surface area contributed by atoms with Crippen LogP contribution in [0.1, 0.15) is 59.7 Å². The minimum absolute atomic E-state index is 0.0342. The second kappa shape index (κ2) is 7.88. The molecule has 8 heteroatoms. The summed E-state index contributed by atoms with van der Waals surface area (Å²) in [6.45, 7) is 6.89. The molecule has 6 nitrogen and oxygen atoms in total. The van der Waals surface area contributed by atoms with Gasteiger partial charge in [-0.1, -0.05) is 37.9 Å². The maximum Gasteiger partial charge on any atom is 0.340 e. The highest BCUT2D eigenvalue weighted by Gasteiger charge is 2.55. The van der Waals surface area contributed by atoms with Crippen LogP contribution in [0, 0.1) is 27.7 Å². The first kappa shape index (κ1) is 23.3. The number of esters is 1. The molecule has 0 unspecified atom stereocenters. The van der Waals surface area contributed by atoms with Gasteiger partial charge in [-0.05, 0) is 74.2 Å². The quantitative estimate of drug-likeness (QED) is 0.330. The van der Waals surface area contributed by atoms with Crippen LogP contribution in [0.15, 0.2) is 39.3 Å². The Morgan fingerprint density at radius 1 is 0.879 bits per heavy atom. The molecular formula is C25H20Br2O6. The fraction of sp³-hybridized carbons (Fsp3) is 0.200. The number of carboxylic acid groups (broad SMARTS) is 1. The van der Waals surface area contributed by atoms with Gasteiger partial charge in [0.05, 0.1) is 11.1 Å². The monoisotopic (exact) mass is 574 g/mol. The van der Waals surface area contributed by atoms with E-state index in [1.54, 1.807) is 39.8 Å². The van der Waals surface area contributed by atoms with Crippen LogP contribution in [0.2, 0.25) is 0 Å². The van der Waals surface area contributed by atoms with Crippen LogP contribution in [-0.2, 0) is 10.3 Å². The molecule has 3 N–H and O–H groups in total. The fourth-order valence-electron chi connectivity index (χ4n) is 4.57. The third-order valence-electron chi connectivity index (χ3n) is 6.17. The molecule has 0 amide bonds. The molecule has 0 spiro atoms. The van der Waals surface area contributed by atoms with Gasteiger partial charge in [-0.2, -0.15) is 0 Å². The van der Waals surface area contributed by atoms with Crippen molar-refractivity contribution in [3.63, 3.8) is 0 Å². The summed E-state index contributed by atoms with van der Waals surface area (Å²) in [5.74, 6) is -2.00. The second-order valence-electron chi connectivity index (χ2n) is 8.16. The van der Waals surface area contributed by atoms with E-state index in [-0.39, 0.29) is 28.2 Å². The maximum atomic E-state index is 13.2. The van der Waals surface area contributed by atoms with Gasteiger partial charge in [0, 0.05) is 25.6 Å². The highest BCUT2D eigenvalue weighted by molar-refractivity contribution is 9.11. The number of benzene rings is 3. The van der Waals surface area contributed by atoms with Gasteiger partial charge in [-0.3, -0.25) is 0 Å². The normalized spacial score (nSPS) is 14.2. The van der Waals surface area contributed by atoms with E-state index in [9.17, 15) is 24.9 Å². The van der Waals surface area contributed by atoms with Crippen molar-refractivity contribution in [2.24, 2.45) is 0 Å². The highest BCUT2D eigenvalue weighted by atomic mass is 79.9. The van der Waals surface area contributed by atoms with Gasteiger partial charge < -0.3 is 20.1 Å². The number of halogens is 2. The van der Waals surface area contributed by atoms with Crippen molar-refractivity contribution in [2.45, 2.75) is 33.3 Å². The molecule has 33 heavy (non-hydrogen) atoms. The van der Waals surface area contributed by atoms with Crippen molar-refractivity contribution >= 4 is 43.8 Å². The number of ether oxygens (including phenoxy) is 1. The van der Waals surface area contributed by atoms with Crippen molar-refractivity contribution in [3.8, 4) is 11.5 Å². The van der Waals surface area contributed by atoms with Crippen LogP contribution in [0.5, 0.6) is 11.5 Å². The average molecular weight is 576 g/mol. The molecule has 170 valence electrons.